The maximum atomic E-state index is 11.6. The fourth-order valence-electron chi connectivity index (χ4n) is 2.76. The Labute approximate surface area is 183 Å². The molecule has 11 nitrogen and oxygen atoms in total. The van der Waals surface area contributed by atoms with Crippen LogP contribution in [0.15, 0.2) is 29.1 Å². The molecule has 0 saturated heterocycles. The van der Waals surface area contributed by atoms with Gasteiger partial charge in [0, 0.05) is 43.8 Å². The van der Waals surface area contributed by atoms with Crippen molar-refractivity contribution in [2.45, 2.75) is 20.0 Å². The molecule has 1 aromatic carbocycles. The van der Waals surface area contributed by atoms with Gasteiger partial charge in [0.2, 0.25) is 11.5 Å². The molecule has 0 bridgehead atoms. The number of rotatable bonds is 13. The van der Waals surface area contributed by atoms with Crippen LogP contribution in [-0.4, -0.2) is 70.1 Å². The van der Waals surface area contributed by atoms with Gasteiger partial charge < -0.3 is 25.0 Å². The summed E-state index contributed by atoms with van der Waals surface area (Å²) >= 11 is 1.14. The summed E-state index contributed by atoms with van der Waals surface area (Å²) in [5.41, 5.74) is 1.39. The number of hydrogen-bond donors (Lipinski definition) is 3. The molecule has 2 aromatic rings. The van der Waals surface area contributed by atoms with Crippen LogP contribution < -0.4 is 15.6 Å². The van der Waals surface area contributed by atoms with E-state index in [1.807, 2.05) is 19.1 Å². The van der Waals surface area contributed by atoms with E-state index in [4.69, 9.17) is 4.74 Å². The molecule has 12 heteroatoms. The minimum Gasteiger partial charge on any atom is -0.490 e. The standard InChI is InChI=1S/C19H26N4O7S/c1-13-9-17-16(3-4-19(26)21-17)18(10-13)29-12-15(25)11-20-5-6-22(14(2)24)31-8-7-30-23(27)28/h3-4,9-10,15,20,25H,5-8,11-12H2,1-2H3,(H,21,26). The summed E-state index contributed by atoms with van der Waals surface area (Å²) < 4.78 is 7.22. The molecule has 0 aliphatic heterocycles. The molecule has 1 unspecified atom stereocenters. The summed E-state index contributed by atoms with van der Waals surface area (Å²) in [4.78, 5) is 40.2. The van der Waals surface area contributed by atoms with Crippen molar-refractivity contribution in [3.63, 3.8) is 0 Å². The normalized spacial score (nSPS) is 11.8. The molecule has 31 heavy (non-hydrogen) atoms. The minimum atomic E-state index is -0.872. The van der Waals surface area contributed by atoms with E-state index in [2.05, 4.69) is 15.1 Å². The molecule has 1 aromatic heterocycles. The van der Waals surface area contributed by atoms with Crippen LogP contribution in [-0.2, 0) is 9.63 Å². The number of benzene rings is 1. The molecule has 0 aliphatic carbocycles. The molecule has 0 radical (unpaired) electrons. The lowest BCUT2D eigenvalue weighted by molar-refractivity contribution is -0.756. The van der Waals surface area contributed by atoms with Crippen molar-refractivity contribution in [1.29, 1.82) is 0 Å². The van der Waals surface area contributed by atoms with Crippen LogP contribution in [0, 0.1) is 17.0 Å². The Balaban J connectivity index is 1.75. The van der Waals surface area contributed by atoms with Crippen LogP contribution in [0.3, 0.4) is 0 Å². The van der Waals surface area contributed by atoms with Crippen molar-refractivity contribution in [2.75, 3.05) is 38.6 Å². The Bertz CT molecular complexity index is 952. The molecule has 2 rings (SSSR count). The Morgan fingerprint density at radius 2 is 2.19 bits per heavy atom. The molecular formula is C19H26N4O7S. The molecule has 170 valence electrons. The quantitative estimate of drug-likeness (QED) is 0.174. The lowest BCUT2D eigenvalue weighted by Crippen LogP contribution is -2.36. The van der Waals surface area contributed by atoms with Gasteiger partial charge in [-0.05, 0) is 42.6 Å². The van der Waals surface area contributed by atoms with Gasteiger partial charge in [-0.2, -0.15) is 0 Å². The number of aliphatic hydroxyl groups excluding tert-OH is 1. The van der Waals surface area contributed by atoms with Gasteiger partial charge in [0.25, 0.3) is 5.09 Å². The fourth-order valence-corrected chi connectivity index (χ4v) is 3.53. The van der Waals surface area contributed by atoms with Crippen LogP contribution >= 0.6 is 11.9 Å². The van der Waals surface area contributed by atoms with E-state index in [1.165, 1.54) is 17.3 Å². The first-order chi connectivity index (χ1) is 14.8. The van der Waals surface area contributed by atoms with E-state index in [0.717, 1.165) is 22.9 Å². The predicted octanol–water partition coefficient (Wildman–Crippen LogP) is 0.871. The van der Waals surface area contributed by atoms with Gasteiger partial charge in [-0.15, -0.1) is 10.1 Å². The number of pyridine rings is 1. The SMILES string of the molecule is CC(=O)N(CCNCC(O)COc1cc(C)cc2[nH]c(=O)ccc12)SCCO[N+](=O)[O-]. The van der Waals surface area contributed by atoms with E-state index in [1.54, 1.807) is 6.07 Å². The second kappa shape index (κ2) is 12.1. The highest BCUT2D eigenvalue weighted by atomic mass is 32.2. The van der Waals surface area contributed by atoms with Crippen LogP contribution in [0.25, 0.3) is 10.9 Å². The molecule has 0 aliphatic rings. The lowest BCUT2D eigenvalue weighted by Gasteiger charge is -2.20. The number of amides is 1. The minimum absolute atomic E-state index is 0.0497. The van der Waals surface area contributed by atoms with Gasteiger partial charge in [0.1, 0.15) is 25.1 Å². The number of aromatic nitrogens is 1. The van der Waals surface area contributed by atoms with Gasteiger partial charge in [0.15, 0.2) is 0 Å². The highest BCUT2D eigenvalue weighted by molar-refractivity contribution is 7.97. The van der Waals surface area contributed by atoms with Crippen LogP contribution in [0.4, 0.5) is 0 Å². The second-order valence-electron chi connectivity index (χ2n) is 6.73. The number of nitrogens with one attached hydrogen (secondary N) is 2. The van der Waals surface area contributed by atoms with E-state index >= 15 is 0 Å². The van der Waals surface area contributed by atoms with Gasteiger partial charge in [0.05, 0.1) is 5.52 Å². The third kappa shape index (κ3) is 8.44. The molecule has 0 spiro atoms. The Kier molecular flexibility index (Phi) is 9.56. The average Bonchev–Trinajstić information content (AvgIpc) is 2.69. The monoisotopic (exact) mass is 454 g/mol. The smallest absolute Gasteiger partial charge is 0.294 e. The number of aryl methyl sites for hydroxylation is 1. The van der Waals surface area contributed by atoms with Crippen LogP contribution in [0.1, 0.15) is 12.5 Å². The van der Waals surface area contributed by atoms with Gasteiger partial charge in [-0.1, -0.05) is 0 Å². The summed E-state index contributed by atoms with van der Waals surface area (Å²) in [6.07, 6.45) is -0.787. The van der Waals surface area contributed by atoms with Crippen molar-refractivity contribution in [2.24, 2.45) is 0 Å². The molecule has 1 amide bonds. The Morgan fingerprint density at radius 1 is 1.42 bits per heavy atom. The first kappa shape index (κ1) is 24.4. The highest BCUT2D eigenvalue weighted by Gasteiger charge is 2.12. The zero-order valence-electron chi connectivity index (χ0n) is 17.3. The fraction of sp³-hybridized carbons (Fsp3) is 0.474. The summed E-state index contributed by atoms with van der Waals surface area (Å²) in [7, 11) is 0. The molecule has 3 N–H and O–H groups in total. The molecule has 0 fully saturated rings. The molecular weight excluding hydrogens is 428 g/mol. The summed E-state index contributed by atoms with van der Waals surface area (Å²) in [5.74, 6) is 0.662. The van der Waals surface area contributed by atoms with E-state index in [-0.39, 0.29) is 37.0 Å². The third-order valence-electron chi connectivity index (χ3n) is 4.13. The van der Waals surface area contributed by atoms with E-state index in [0.29, 0.717) is 24.4 Å². The number of carbonyl (C=O) groups excluding carboxylic acids is 1. The van der Waals surface area contributed by atoms with Crippen molar-refractivity contribution >= 4 is 28.8 Å². The Morgan fingerprint density at radius 3 is 2.90 bits per heavy atom. The van der Waals surface area contributed by atoms with Crippen LogP contribution in [0.2, 0.25) is 0 Å². The maximum absolute atomic E-state index is 11.6. The number of aromatic amines is 1. The number of aliphatic hydroxyl groups is 1. The zero-order chi connectivity index (χ0) is 22.8. The number of fused-ring (bicyclic) bond motifs is 1. The maximum Gasteiger partial charge on any atom is 0.294 e. The Hall–Kier alpha value is -2.83. The lowest BCUT2D eigenvalue weighted by atomic mass is 10.1. The summed E-state index contributed by atoms with van der Waals surface area (Å²) in [6, 6.07) is 6.79. The predicted molar refractivity (Wildman–Crippen MR) is 116 cm³/mol. The molecule has 0 saturated carbocycles. The largest absolute Gasteiger partial charge is 0.490 e. The average molecular weight is 455 g/mol. The molecule has 1 heterocycles. The van der Waals surface area contributed by atoms with Crippen molar-refractivity contribution in [1.82, 2.24) is 14.6 Å². The van der Waals surface area contributed by atoms with Gasteiger partial charge in [-0.25, -0.2) is 0 Å². The van der Waals surface area contributed by atoms with Gasteiger partial charge >= 0.3 is 0 Å². The molecule has 1 atom stereocenters. The van der Waals surface area contributed by atoms with Crippen molar-refractivity contribution in [3.05, 3.63) is 50.3 Å². The van der Waals surface area contributed by atoms with E-state index in [9.17, 15) is 24.8 Å². The highest BCUT2D eigenvalue weighted by Crippen LogP contribution is 2.25. The number of carbonyl (C=O) groups is 1. The first-order valence-electron chi connectivity index (χ1n) is 9.60. The number of hydrogen-bond acceptors (Lipinski definition) is 9. The van der Waals surface area contributed by atoms with E-state index < -0.39 is 11.2 Å². The summed E-state index contributed by atoms with van der Waals surface area (Å²) in [5, 5.41) is 23.2. The van der Waals surface area contributed by atoms with Crippen molar-refractivity contribution < 1.29 is 24.6 Å². The summed E-state index contributed by atoms with van der Waals surface area (Å²) in [6.45, 7) is 4.28. The van der Waals surface area contributed by atoms with Crippen LogP contribution in [0.5, 0.6) is 5.75 Å². The zero-order valence-corrected chi connectivity index (χ0v) is 18.1. The van der Waals surface area contributed by atoms with Gasteiger partial charge in [-0.3, -0.25) is 13.9 Å². The number of ether oxygens (including phenoxy) is 1. The third-order valence-corrected chi connectivity index (χ3v) is 5.23. The number of H-pyrrole nitrogens is 1. The topological polar surface area (TPSA) is 147 Å². The number of nitrogens with zero attached hydrogens (tertiary/aromatic N) is 2. The van der Waals surface area contributed by atoms with Crippen molar-refractivity contribution in [3.8, 4) is 5.75 Å². The first-order valence-corrected chi connectivity index (χ1v) is 10.5. The second-order valence-corrected chi connectivity index (χ2v) is 7.83.